The Morgan fingerprint density at radius 1 is 1.08 bits per heavy atom. The number of ether oxygens (including phenoxy) is 1. The van der Waals surface area contributed by atoms with Gasteiger partial charge in [-0.2, -0.15) is 18.6 Å². The van der Waals surface area contributed by atoms with Crippen LogP contribution in [-0.4, -0.2) is 26.0 Å². The number of fused-ring (bicyclic) bond motifs is 1. The molecule has 0 radical (unpaired) electrons. The molecular weight excluding hydrogens is 576 g/mol. The van der Waals surface area contributed by atoms with Crippen LogP contribution < -0.4 is 44.7 Å². The number of amides is 1. The molecule has 0 unspecified atom stereocenters. The van der Waals surface area contributed by atoms with Crippen molar-refractivity contribution >= 4 is 67.1 Å². The molecule has 2 N–H and O–H groups in total. The molecule has 4 aromatic rings. The molecule has 0 bridgehead atoms. The third-order valence-electron chi connectivity index (χ3n) is 5.68. The van der Waals surface area contributed by atoms with Crippen molar-refractivity contribution in [2.75, 3.05) is 12.4 Å². The number of carbonyl (C=O) groups is 1. The van der Waals surface area contributed by atoms with Crippen LogP contribution in [0.5, 0.6) is 11.5 Å². The van der Waals surface area contributed by atoms with Gasteiger partial charge in [0.15, 0.2) is 0 Å². The van der Waals surface area contributed by atoms with Gasteiger partial charge in [-0.05, 0) is 53.8 Å². The zero-order chi connectivity index (χ0) is 27.6. The maximum atomic E-state index is 13.5. The first-order chi connectivity index (χ1) is 18.0. The topological polar surface area (TPSA) is 140 Å². The SMILES string of the molecule is CCc1c(Cl)cc(S(=O)(=O)O)cc1N=Nc1c([O-])c(C(=O)Nc2cc(Cl)ccc2OC)cc2ccccc12.[Na+]. The molecule has 39 heavy (non-hydrogen) atoms. The third-order valence-corrected chi connectivity index (χ3v) is 7.09. The first-order valence-corrected chi connectivity index (χ1v) is 13.3. The Morgan fingerprint density at radius 2 is 1.79 bits per heavy atom. The minimum absolute atomic E-state index is 0. The van der Waals surface area contributed by atoms with Crippen LogP contribution >= 0.6 is 23.2 Å². The van der Waals surface area contributed by atoms with Crippen molar-refractivity contribution in [3.8, 4) is 11.5 Å². The molecule has 0 spiro atoms. The van der Waals surface area contributed by atoms with Crippen LogP contribution in [0.4, 0.5) is 17.1 Å². The summed E-state index contributed by atoms with van der Waals surface area (Å²) >= 11 is 12.3. The van der Waals surface area contributed by atoms with Gasteiger partial charge in [0.1, 0.15) is 5.75 Å². The maximum Gasteiger partial charge on any atom is 1.00 e. The number of anilines is 1. The van der Waals surface area contributed by atoms with Crippen LogP contribution in [0.3, 0.4) is 0 Å². The number of rotatable bonds is 7. The second-order valence-electron chi connectivity index (χ2n) is 8.05. The average molecular weight is 596 g/mol. The van der Waals surface area contributed by atoms with Crippen molar-refractivity contribution in [3.05, 3.63) is 81.8 Å². The van der Waals surface area contributed by atoms with Crippen LogP contribution in [0, 0.1) is 0 Å². The molecule has 0 heterocycles. The summed E-state index contributed by atoms with van der Waals surface area (Å²) in [6, 6.07) is 15.1. The van der Waals surface area contributed by atoms with Gasteiger partial charge in [-0.3, -0.25) is 9.35 Å². The third kappa shape index (κ3) is 6.72. The van der Waals surface area contributed by atoms with Gasteiger partial charge in [0.05, 0.1) is 29.1 Å². The summed E-state index contributed by atoms with van der Waals surface area (Å²) in [4.78, 5) is 12.7. The molecule has 0 aromatic heterocycles. The van der Waals surface area contributed by atoms with Crippen molar-refractivity contribution < 1.29 is 57.2 Å². The summed E-state index contributed by atoms with van der Waals surface area (Å²) < 4.78 is 38.1. The molecule has 1 amide bonds. The van der Waals surface area contributed by atoms with E-state index in [1.54, 1.807) is 43.3 Å². The molecule has 0 fully saturated rings. The van der Waals surface area contributed by atoms with Crippen molar-refractivity contribution in [2.45, 2.75) is 18.2 Å². The Labute approximate surface area is 256 Å². The van der Waals surface area contributed by atoms with Gasteiger partial charge in [0, 0.05) is 21.0 Å². The van der Waals surface area contributed by atoms with E-state index in [0.717, 1.165) is 12.1 Å². The normalized spacial score (nSPS) is 11.4. The molecule has 9 nitrogen and oxygen atoms in total. The molecule has 0 saturated heterocycles. The molecule has 4 aromatic carbocycles. The molecule has 13 heteroatoms. The van der Waals surface area contributed by atoms with E-state index in [1.165, 1.54) is 19.2 Å². The van der Waals surface area contributed by atoms with E-state index in [2.05, 4.69) is 15.5 Å². The summed E-state index contributed by atoms with van der Waals surface area (Å²) in [5.41, 5.74) is 0.433. The van der Waals surface area contributed by atoms with E-state index in [-0.39, 0.29) is 57.2 Å². The fourth-order valence-corrected chi connectivity index (χ4v) is 4.95. The van der Waals surface area contributed by atoms with Crippen LogP contribution in [0.15, 0.2) is 75.8 Å². The first kappa shape index (κ1) is 30.8. The fourth-order valence-electron chi connectivity index (χ4n) is 3.83. The molecule has 0 saturated carbocycles. The van der Waals surface area contributed by atoms with Crippen molar-refractivity contribution in [1.82, 2.24) is 0 Å². The second-order valence-corrected chi connectivity index (χ2v) is 10.3. The molecule has 0 atom stereocenters. The Morgan fingerprint density at radius 3 is 2.46 bits per heavy atom. The number of hydrogen-bond donors (Lipinski definition) is 2. The van der Waals surface area contributed by atoms with Gasteiger partial charge >= 0.3 is 29.6 Å². The predicted octanol–water partition coefficient (Wildman–Crippen LogP) is 3.71. The number of carbonyl (C=O) groups excluding carboxylic acids is 1. The Hall–Kier alpha value is -2.70. The number of azo groups is 1. The Bertz CT molecular complexity index is 1710. The standard InChI is InChI=1S/C26H21Cl2N3O6S.Na/c1-3-17-20(28)12-16(38(34,35)36)13-21(17)30-31-24-18-7-5-4-6-14(18)10-19(25(24)32)26(33)29-22-11-15(27)8-9-23(22)37-2;/h4-13,32H,3H2,1-2H3,(H,29,33)(H,34,35,36);/q;+1/p-1. The van der Waals surface area contributed by atoms with Crippen LogP contribution in [0.1, 0.15) is 22.8 Å². The smallest absolute Gasteiger partial charge is 0.870 e. The minimum Gasteiger partial charge on any atom is -0.870 e. The number of hydrogen-bond acceptors (Lipinski definition) is 7. The van der Waals surface area contributed by atoms with Crippen LogP contribution in [-0.2, 0) is 16.5 Å². The summed E-state index contributed by atoms with van der Waals surface area (Å²) in [6.07, 6.45) is 0.369. The Balaban J connectivity index is 0.00000420. The van der Waals surface area contributed by atoms with Gasteiger partial charge in [0.2, 0.25) is 0 Å². The summed E-state index contributed by atoms with van der Waals surface area (Å²) in [7, 11) is -3.14. The number of nitrogens with one attached hydrogen (secondary N) is 1. The quantitative estimate of drug-likeness (QED) is 0.189. The van der Waals surface area contributed by atoms with Gasteiger partial charge in [0.25, 0.3) is 16.0 Å². The van der Waals surface area contributed by atoms with E-state index < -0.39 is 26.7 Å². The van der Waals surface area contributed by atoms with Gasteiger partial charge in [-0.1, -0.05) is 60.1 Å². The summed E-state index contributed by atoms with van der Waals surface area (Å²) in [6.45, 7) is 1.77. The largest absolute Gasteiger partial charge is 1.00 e. The first-order valence-electron chi connectivity index (χ1n) is 11.1. The minimum atomic E-state index is -4.58. The average Bonchev–Trinajstić information content (AvgIpc) is 2.87. The van der Waals surface area contributed by atoms with E-state index in [4.69, 9.17) is 27.9 Å². The van der Waals surface area contributed by atoms with Crippen molar-refractivity contribution in [1.29, 1.82) is 0 Å². The Kier molecular flexibility index (Phi) is 10.0. The molecule has 0 aliphatic heterocycles. The zero-order valence-electron chi connectivity index (χ0n) is 21.0. The number of halogens is 2. The predicted molar refractivity (Wildman–Crippen MR) is 144 cm³/mol. The van der Waals surface area contributed by atoms with E-state index in [0.29, 0.717) is 33.5 Å². The van der Waals surface area contributed by atoms with E-state index in [1.807, 2.05) is 0 Å². The molecule has 196 valence electrons. The van der Waals surface area contributed by atoms with Crippen LogP contribution in [0.25, 0.3) is 10.8 Å². The number of benzene rings is 4. The number of methoxy groups -OCH3 is 1. The molecule has 4 rings (SSSR count). The second kappa shape index (κ2) is 12.6. The van der Waals surface area contributed by atoms with Gasteiger partial charge in [-0.25, -0.2) is 0 Å². The zero-order valence-corrected chi connectivity index (χ0v) is 25.4. The monoisotopic (exact) mass is 595 g/mol. The van der Waals surface area contributed by atoms with Gasteiger partial charge < -0.3 is 15.2 Å². The molecular formula is C26H20Cl2N3NaO6S. The number of nitrogens with zero attached hydrogens (tertiary/aromatic N) is 2. The van der Waals surface area contributed by atoms with E-state index >= 15 is 0 Å². The van der Waals surface area contributed by atoms with Crippen LogP contribution in [0.2, 0.25) is 10.0 Å². The molecule has 0 aliphatic rings. The summed E-state index contributed by atoms with van der Waals surface area (Å²) in [5.74, 6) is -1.08. The van der Waals surface area contributed by atoms with Gasteiger partial charge in [-0.15, -0.1) is 0 Å². The van der Waals surface area contributed by atoms with Crippen molar-refractivity contribution in [3.63, 3.8) is 0 Å². The van der Waals surface area contributed by atoms with Crippen molar-refractivity contribution in [2.24, 2.45) is 10.2 Å². The summed E-state index contributed by atoms with van der Waals surface area (Å²) in [5, 5.41) is 25.7. The van der Waals surface area contributed by atoms with E-state index in [9.17, 15) is 22.9 Å². The molecule has 0 aliphatic carbocycles. The fraction of sp³-hybridized carbons (Fsp3) is 0.115. The maximum absolute atomic E-state index is 13.5.